The number of ether oxygens (including phenoxy) is 2. The molecule has 0 bridgehead atoms. The smallest absolute Gasteiger partial charge is 0.269 e. The number of hydrogen-bond acceptors (Lipinski definition) is 6. The minimum atomic E-state index is -0.403. The fraction of sp³-hybridized carbons (Fsp3) is 0.292. The van der Waals surface area contributed by atoms with Crippen LogP contribution in [0.1, 0.15) is 41.7 Å². The summed E-state index contributed by atoms with van der Waals surface area (Å²) >= 11 is 0. The lowest BCUT2D eigenvalue weighted by Crippen LogP contribution is -2.25. The predicted octanol–water partition coefficient (Wildman–Crippen LogP) is 3.62. The van der Waals surface area contributed by atoms with Gasteiger partial charge in [0.05, 0.1) is 7.11 Å². The van der Waals surface area contributed by atoms with E-state index in [0.717, 1.165) is 29.5 Å². The number of rotatable bonds is 11. The zero-order chi connectivity index (χ0) is 22.8. The second-order valence-corrected chi connectivity index (χ2v) is 7.26. The van der Waals surface area contributed by atoms with Crippen LogP contribution in [-0.2, 0) is 11.4 Å². The number of fused-ring (bicyclic) bond motifs is 1. The third-order valence-corrected chi connectivity index (χ3v) is 4.96. The number of hydroxylamine groups is 1. The molecule has 1 heterocycles. The van der Waals surface area contributed by atoms with E-state index >= 15 is 0 Å². The van der Waals surface area contributed by atoms with Crippen molar-refractivity contribution in [1.29, 1.82) is 0 Å². The number of carbonyl (C=O) groups excluding carboxylic acids is 2. The van der Waals surface area contributed by atoms with Crippen molar-refractivity contribution in [2.75, 3.05) is 13.7 Å². The molecule has 3 rings (SSSR count). The van der Waals surface area contributed by atoms with Crippen molar-refractivity contribution in [2.45, 2.75) is 32.3 Å². The fourth-order valence-electron chi connectivity index (χ4n) is 3.18. The average molecular weight is 437 g/mol. The minimum absolute atomic E-state index is 0.259. The van der Waals surface area contributed by atoms with E-state index in [2.05, 4.69) is 10.3 Å². The van der Waals surface area contributed by atoms with Gasteiger partial charge in [0.25, 0.3) is 5.91 Å². The van der Waals surface area contributed by atoms with E-state index in [1.807, 2.05) is 48.5 Å². The molecule has 3 N–H and O–H groups in total. The molecule has 0 aliphatic heterocycles. The topological polar surface area (TPSA) is 110 Å². The van der Waals surface area contributed by atoms with Crippen LogP contribution in [0.2, 0.25) is 0 Å². The Kier molecular flexibility index (Phi) is 8.39. The zero-order valence-electron chi connectivity index (χ0n) is 18.0. The molecular formula is C24H27N3O5. The van der Waals surface area contributed by atoms with Gasteiger partial charge in [0, 0.05) is 18.4 Å². The summed E-state index contributed by atoms with van der Waals surface area (Å²) in [4.78, 5) is 28.0. The van der Waals surface area contributed by atoms with Crippen LogP contribution >= 0.6 is 0 Å². The maximum atomic E-state index is 12.5. The number of methoxy groups -OCH3 is 1. The first-order chi connectivity index (χ1) is 15.6. The molecule has 8 nitrogen and oxygen atoms in total. The van der Waals surface area contributed by atoms with Crippen LogP contribution in [0.25, 0.3) is 10.9 Å². The van der Waals surface area contributed by atoms with E-state index < -0.39 is 5.91 Å². The highest BCUT2D eigenvalue weighted by Gasteiger charge is 2.11. The normalized spacial score (nSPS) is 10.6. The van der Waals surface area contributed by atoms with Gasteiger partial charge in [-0.1, -0.05) is 36.8 Å². The Bertz CT molecular complexity index is 1050. The lowest BCUT2D eigenvalue weighted by atomic mass is 10.1. The molecule has 168 valence electrons. The van der Waals surface area contributed by atoms with Gasteiger partial charge in [0.15, 0.2) is 0 Å². The number of carbonyl (C=O) groups is 2. The summed E-state index contributed by atoms with van der Waals surface area (Å²) in [7, 11) is 1.63. The largest absolute Gasteiger partial charge is 0.497 e. The summed E-state index contributed by atoms with van der Waals surface area (Å²) in [6, 6.07) is 16.8. The van der Waals surface area contributed by atoms with E-state index in [-0.39, 0.29) is 12.3 Å². The van der Waals surface area contributed by atoms with E-state index in [0.29, 0.717) is 36.5 Å². The number of nitrogens with one attached hydrogen (secondary N) is 2. The van der Waals surface area contributed by atoms with Gasteiger partial charge in [-0.25, -0.2) is 10.5 Å². The number of para-hydroxylation sites is 1. The van der Waals surface area contributed by atoms with Gasteiger partial charge >= 0.3 is 0 Å². The van der Waals surface area contributed by atoms with Gasteiger partial charge in [0.2, 0.25) is 5.91 Å². The number of pyridine rings is 1. The molecule has 0 fully saturated rings. The Morgan fingerprint density at radius 3 is 2.56 bits per heavy atom. The Morgan fingerprint density at radius 2 is 1.81 bits per heavy atom. The molecule has 0 aliphatic carbocycles. The predicted molar refractivity (Wildman–Crippen MR) is 120 cm³/mol. The van der Waals surface area contributed by atoms with Crippen LogP contribution in [0.5, 0.6) is 11.5 Å². The van der Waals surface area contributed by atoms with Crippen LogP contribution in [-0.4, -0.2) is 35.7 Å². The van der Waals surface area contributed by atoms with Crippen LogP contribution < -0.4 is 20.3 Å². The second kappa shape index (κ2) is 11.7. The maximum Gasteiger partial charge on any atom is 0.269 e. The first kappa shape index (κ1) is 23.0. The monoisotopic (exact) mass is 437 g/mol. The first-order valence-corrected chi connectivity index (χ1v) is 10.5. The van der Waals surface area contributed by atoms with Crippen molar-refractivity contribution in [1.82, 2.24) is 15.8 Å². The average Bonchev–Trinajstić information content (AvgIpc) is 2.84. The summed E-state index contributed by atoms with van der Waals surface area (Å²) in [5.41, 5.74) is 3.54. The molecule has 3 aromatic rings. The molecule has 2 amide bonds. The van der Waals surface area contributed by atoms with E-state index in [1.54, 1.807) is 18.7 Å². The number of nitrogens with zero attached hydrogens (tertiary/aromatic N) is 1. The highest BCUT2D eigenvalue weighted by atomic mass is 16.5. The van der Waals surface area contributed by atoms with Crippen molar-refractivity contribution in [3.8, 4) is 11.5 Å². The van der Waals surface area contributed by atoms with Gasteiger partial charge in [-0.15, -0.1) is 0 Å². The van der Waals surface area contributed by atoms with Crippen LogP contribution in [0, 0.1) is 0 Å². The fourth-order valence-corrected chi connectivity index (χ4v) is 3.18. The van der Waals surface area contributed by atoms with Gasteiger partial charge in [-0.3, -0.25) is 14.8 Å². The molecule has 8 heteroatoms. The Morgan fingerprint density at radius 1 is 1.00 bits per heavy atom. The standard InChI is InChI=1S/C24H27N3O5/c1-31-19-12-9-17(10-13-19)16-32-21-7-5-6-18-11-14-20(26-23(18)21)24(29)25-15-4-2-3-8-22(28)27-30/h5-7,9-14,30H,2-4,8,15-16H2,1H3,(H,25,29)(H,27,28). The van der Waals surface area contributed by atoms with Crippen LogP contribution in [0.3, 0.4) is 0 Å². The third-order valence-electron chi connectivity index (χ3n) is 4.96. The number of aromatic nitrogens is 1. The van der Waals surface area contributed by atoms with Crippen molar-refractivity contribution < 1.29 is 24.3 Å². The summed E-state index contributed by atoms with van der Waals surface area (Å²) in [5.74, 6) is 0.728. The molecule has 0 saturated heterocycles. The van der Waals surface area contributed by atoms with Crippen molar-refractivity contribution in [2.24, 2.45) is 0 Å². The molecule has 0 atom stereocenters. The van der Waals surface area contributed by atoms with Crippen molar-refractivity contribution in [3.05, 3.63) is 65.9 Å². The molecule has 32 heavy (non-hydrogen) atoms. The minimum Gasteiger partial charge on any atom is -0.497 e. The van der Waals surface area contributed by atoms with Crippen molar-refractivity contribution >= 4 is 22.7 Å². The first-order valence-electron chi connectivity index (χ1n) is 10.5. The van der Waals surface area contributed by atoms with E-state index in [9.17, 15) is 9.59 Å². The highest BCUT2D eigenvalue weighted by molar-refractivity contribution is 5.95. The van der Waals surface area contributed by atoms with E-state index in [4.69, 9.17) is 14.7 Å². The Balaban J connectivity index is 1.59. The summed E-state index contributed by atoms with van der Waals surface area (Å²) in [6.45, 7) is 0.852. The van der Waals surface area contributed by atoms with Gasteiger partial charge in [0.1, 0.15) is 29.3 Å². The van der Waals surface area contributed by atoms with Crippen molar-refractivity contribution in [3.63, 3.8) is 0 Å². The molecule has 0 spiro atoms. The molecule has 1 aromatic heterocycles. The quantitative estimate of drug-likeness (QED) is 0.240. The molecule has 2 aromatic carbocycles. The van der Waals surface area contributed by atoms with Gasteiger partial charge < -0.3 is 14.8 Å². The third kappa shape index (κ3) is 6.42. The highest BCUT2D eigenvalue weighted by Crippen LogP contribution is 2.25. The number of hydrogen-bond donors (Lipinski definition) is 3. The molecular weight excluding hydrogens is 410 g/mol. The zero-order valence-corrected chi connectivity index (χ0v) is 18.0. The number of unbranched alkanes of at least 4 members (excludes halogenated alkanes) is 2. The number of amides is 2. The summed E-state index contributed by atoms with van der Waals surface area (Å²) < 4.78 is 11.2. The Hall–Kier alpha value is -3.65. The van der Waals surface area contributed by atoms with Gasteiger partial charge in [-0.05, 0) is 42.7 Å². The number of benzene rings is 2. The van der Waals surface area contributed by atoms with Crippen LogP contribution in [0.4, 0.5) is 0 Å². The Labute approximate surface area is 186 Å². The maximum absolute atomic E-state index is 12.5. The van der Waals surface area contributed by atoms with E-state index in [1.165, 1.54) is 0 Å². The summed E-state index contributed by atoms with van der Waals surface area (Å²) in [5, 5.41) is 12.2. The molecule has 0 radical (unpaired) electrons. The molecule has 0 saturated carbocycles. The second-order valence-electron chi connectivity index (χ2n) is 7.26. The SMILES string of the molecule is COc1ccc(COc2cccc3ccc(C(=O)NCCCCCC(=O)NO)nc23)cc1. The lowest BCUT2D eigenvalue weighted by molar-refractivity contribution is -0.129. The van der Waals surface area contributed by atoms with Crippen LogP contribution in [0.15, 0.2) is 54.6 Å². The molecule has 0 unspecified atom stereocenters. The lowest BCUT2D eigenvalue weighted by Gasteiger charge is -2.11. The molecule has 0 aliphatic rings. The summed E-state index contributed by atoms with van der Waals surface area (Å²) in [6.07, 6.45) is 2.40. The van der Waals surface area contributed by atoms with Gasteiger partial charge in [-0.2, -0.15) is 0 Å².